The molecule has 0 aliphatic heterocycles. The van der Waals surface area contributed by atoms with Gasteiger partial charge in [-0.05, 0) is 30.2 Å². The molecule has 0 unspecified atom stereocenters. The summed E-state index contributed by atoms with van der Waals surface area (Å²) in [5, 5.41) is 1.15. The van der Waals surface area contributed by atoms with Crippen molar-refractivity contribution < 1.29 is 0 Å². The molecule has 19 heavy (non-hydrogen) atoms. The zero-order chi connectivity index (χ0) is 13.4. The zero-order valence-electron chi connectivity index (χ0n) is 11.1. The molecule has 3 rings (SSSR count). The monoisotopic (exact) mass is 268 g/mol. The van der Waals surface area contributed by atoms with Crippen molar-refractivity contribution in [2.24, 2.45) is 7.05 Å². The van der Waals surface area contributed by atoms with Gasteiger partial charge in [-0.15, -0.1) is 0 Å². The van der Waals surface area contributed by atoms with Gasteiger partial charge in [0.1, 0.15) is 4.64 Å². The van der Waals surface area contributed by atoms with Gasteiger partial charge in [-0.25, -0.2) is 0 Å². The molecule has 0 bridgehead atoms. The van der Waals surface area contributed by atoms with E-state index >= 15 is 0 Å². The Labute approximate surface area is 117 Å². The molecular weight excluding hydrogens is 252 g/mol. The van der Waals surface area contributed by atoms with E-state index in [9.17, 15) is 0 Å². The quantitative estimate of drug-likeness (QED) is 0.637. The van der Waals surface area contributed by atoms with E-state index in [-0.39, 0.29) is 0 Å². The minimum atomic E-state index is 0.888. The number of fused-ring (bicyclic) bond motifs is 1. The molecule has 0 N–H and O–H groups in total. The number of hydrogen-bond acceptors (Lipinski definition) is 1. The predicted octanol–water partition coefficient (Wildman–Crippen LogP) is 4.07. The minimum absolute atomic E-state index is 0.888. The molecule has 1 aromatic carbocycles. The molecular formula is C16H16N2S. The molecule has 96 valence electrons. The van der Waals surface area contributed by atoms with Gasteiger partial charge in [0.2, 0.25) is 0 Å². The number of nitrogens with zero attached hydrogens (tertiary/aromatic N) is 2. The summed E-state index contributed by atoms with van der Waals surface area (Å²) in [4.78, 5) is 0. The van der Waals surface area contributed by atoms with Crippen LogP contribution in [0.2, 0.25) is 0 Å². The highest BCUT2D eigenvalue weighted by molar-refractivity contribution is 7.71. The molecule has 3 aromatic rings. The molecule has 0 aliphatic carbocycles. The Morgan fingerprint density at radius 3 is 2.63 bits per heavy atom. The number of aromatic nitrogens is 2. The van der Waals surface area contributed by atoms with E-state index in [1.165, 1.54) is 16.6 Å². The Balaban J connectivity index is 2.10. The van der Waals surface area contributed by atoms with E-state index in [1.807, 2.05) is 17.8 Å². The molecule has 0 spiro atoms. The number of pyridine rings is 1. The van der Waals surface area contributed by atoms with Gasteiger partial charge in [-0.3, -0.25) is 0 Å². The molecule has 0 saturated carbocycles. The van der Waals surface area contributed by atoms with Crippen molar-refractivity contribution in [3.63, 3.8) is 0 Å². The third-order valence-corrected chi connectivity index (χ3v) is 4.12. The number of rotatable bonds is 2. The fourth-order valence-corrected chi connectivity index (χ4v) is 2.63. The van der Waals surface area contributed by atoms with Crippen molar-refractivity contribution in [3.8, 4) is 0 Å². The van der Waals surface area contributed by atoms with Gasteiger partial charge in [0.25, 0.3) is 0 Å². The lowest BCUT2D eigenvalue weighted by Gasteiger charge is -2.09. The molecule has 3 heteroatoms. The number of aryl methyl sites for hydroxylation is 2. The molecule has 2 aromatic heterocycles. The van der Waals surface area contributed by atoms with Crippen LogP contribution in [0.15, 0.2) is 48.8 Å². The van der Waals surface area contributed by atoms with Crippen LogP contribution in [0.25, 0.3) is 10.9 Å². The zero-order valence-corrected chi connectivity index (χ0v) is 11.9. The summed E-state index contributed by atoms with van der Waals surface area (Å²) < 4.78 is 5.13. The predicted molar refractivity (Wildman–Crippen MR) is 82.0 cm³/mol. The van der Waals surface area contributed by atoms with E-state index in [2.05, 4.69) is 54.1 Å². The summed E-state index contributed by atoms with van der Waals surface area (Å²) in [6.45, 7) is 3.04. The first kappa shape index (κ1) is 12.2. The van der Waals surface area contributed by atoms with Gasteiger partial charge >= 0.3 is 0 Å². The molecule has 2 heterocycles. The maximum absolute atomic E-state index is 5.45. The van der Waals surface area contributed by atoms with Gasteiger partial charge in [-0.1, -0.05) is 36.5 Å². The van der Waals surface area contributed by atoms with Crippen LogP contribution in [0, 0.1) is 11.6 Å². The summed E-state index contributed by atoms with van der Waals surface area (Å²) >= 11 is 5.45. The van der Waals surface area contributed by atoms with Gasteiger partial charge in [0, 0.05) is 31.4 Å². The van der Waals surface area contributed by atoms with Gasteiger partial charge in [-0.2, -0.15) is 0 Å². The lowest BCUT2D eigenvalue weighted by molar-refractivity contribution is 0.826. The Bertz CT molecular complexity index is 796. The van der Waals surface area contributed by atoms with Crippen molar-refractivity contribution in [2.45, 2.75) is 13.5 Å². The molecule has 0 amide bonds. The highest BCUT2D eigenvalue weighted by Crippen LogP contribution is 2.19. The summed E-state index contributed by atoms with van der Waals surface area (Å²) in [7, 11) is 1.99. The highest BCUT2D eigenvalue weighted by atomic mass is 32.1. The summed E-state index contributed by atoms with van der Waals surface area (Å²) in [6.07, 6.45) is 4.14. The Morgan fingerprint density at radius 1 is 1.05 bits per heavy atom. The van der Waals surface area contributed by atoms with Crippen LogP contribution in [-0.2, 0) is 13.6 Å². The third-order valence-electron chi connectivity index (χ3n) is 3.62. The minimum Gasteiger partial charge on any atom is -0.343 e. The summed E-state index contributed by atoms with van der Waals surface area (Å²) in [5.41, 5.74) is 3.87. The van der Waals surface area contributed by atoms with Crippen LogP contribution >= 0.6 is 12.2 Å². The second kappa shape index (κ2) is 4.67. The van der Waals surface area contributed by atoms with Crippen LogP contribution in [0.4, 0.5) is 0 Å². The molecule has 0 saturated heterocycles. The Kier molecular flexibility index (Phi) is 2.99. The van der Waals surface area contributed by atoms with Crippen molar-refractivity contribution in [2.75, 3.05) is 0 Å². The average Bonchev–Trinajstić information content (AvgIpc) is 2.81. The van der Waals surface area contributed by atoms with Crippen molar-refractivity contribution in [3.05, 3.63) is 64.6 Å². The van der Waals surface area contributed by atoms with Crippen LogP contribution in [-0.4, -0.2) is 9.13 Å². The van der Waals surface area contributed by atoms with Gasteiger partial charge in [0.15, 0.2) is 0 Å². The van der Waals surface area contributed by atoms with E-state index in [4.69, 9.17) is 12.2 Å². The first-order chi connectivity index (χ1) is 9.16. The lowest BCUT2D eigenvalue weighted by atomic mass is 10.1. The first-order valence-electron chi connectivity index (χ1n) is 6.36. The van der Waals surface area contributed by atoms with E-state index < -0.39 is 0 Å². The van der Waals surface area contributed by atoms with Crippen molar-refractivity contribution >= 4 is 23.1 Å². The average molecular weight is 268 g/mol. The number of benzene rings is 1. The topological polar surface area (TPSA) is 9.86 Å². The van der Waals surface area contributed by atoms with Gasteiger partial charge in [0.05, 0.1) is 5.52 Å². The summed E-state index contributed by atoms with van der Waals surface area (Å²) in [6, 6.07) is 12.7. The van der Waals surface area contributed by atoms with E-state index in [0.717, 1.165) is 16.6 Å². The Hall–Kier alpha value is -1.87. The third kappa shape index (κ3) is 2.10. The molecule has 0 atom stereocenters. The Morgan fingerprint density at radius 2 is 1.84 bits per heavy atom. The van der Waals surface area contributed by atoms with Crippen LogP contribution < -0.4 is 0 Å². The fraction of sp³-hybridized carbons (Fsp3) is 0.188. The maximum Gasteiger partial charge on any atom is 0.115 e. The van der Waals surface area contributed by atoms with Crippen LogP contribution in [0.3, 0.4) is 0 Å². The lowest BCUT2D eigenvalue weighted by Crippen LogP contribution is -2.00. The maximum atomic E-state index is 5.45. The van der Waals surface area contributed by atoms with Crippen molar-refractivity contribution in [1.29, 1.82) is 0 Å². The van der Waals surface area contributed by atoms with Crippen LogP contribution in [0.1, 0.15) is 11.1 Å². The largest absolute Gasteiger partial charge is 0.343 e. The smallest absolute Gasteiger partial charge is 0.115 e. The number of hydrogen-bond donors (Lipinski definition) is 0. The standard InChI is InChI=1S/C16H16N2S/c1-12-5-3-4-6-13(12)11-18-10-7-14-15(18)8-9-17(2)16(14)19/h3-10H,11H2,1-2H3. The van der Waals surface area contributed by atoms with Crippen LogP contribution in [0.5, 0.6) is 0 Å². The fourth-order valence-electron chi connectivity index (χ4n) is 2.40. The molecule has 0 radical (unpaired) electrons. The second-order valence-electron chi connectivity index (χ2n) is 4.90. The molecule has 0 aliphatic rings. The SMILES string of the molecule is Cc1ccccc1Cn1ccc2c(=S)n(C)ccc21. The molecule has 0 fully saturated rings. The van der Waals surface area contributed by atoms with E-state index in [1.54, 1.807) is 0 Å². The molecule has 2 nitrogen and oxygen atoms in total. The van der Waals surface area contributed by atoms with Gasteiger partial charge < -0.3 is 9.13 Å². The first-order valence-corrected chi connectivity index (χ1v) is 6.76. The summed E-state index contributed by atoms with van der Waals surface area (Å²) in [5.74, 6) is 0. The normalized spacial score (nSPS) is 11.1. The van der Waals surface area contributed by atoms with E-state index in [0.29, 0.717) is 0 Å². The second-order valence-corrected chi connectivity index (χ2v) is 5.29. The highest BCUT2D eigenvalue weighted by Gasteiger charge is 2.05. The van der Waals surface area contributed by atoms with Crippen molar-refractivity contribution in [1.82, 2.24) is 9.13 Å².